The molecule has 1 aliphatic rings. The first-order valence-corrected chi connectivity index (χ1v) is 6.00. The van der Waals surface area contributed by atoms with Gasteiger partial charge in [-0.1, -0.05) is 13.3 Å². The molecular formula is C12H21N3. The normalized spacial score (nSPS) is 18.0. The summed E-state index contributed by atoms with van der Waals surface area (Å²) in [5.74, 6) is 0.737. The predicted molar refractivity (Wildman–Crippen MR) is 61.7 cm³/mol. The summed E-state index contributed by atoms with van der Waals surface area (Å²) < 4.78 is 1.89. The van der Waals surface area contributed by atoms with Crippen molar-refractivity contribution in [3.8, 4) is 0 Å². The largest absolute Gasteiger partial charge is 0.314 e. The van der Waals surface area contributed by atoms with Gasteiger partial charge in [0, 0.05) is 19.3 Å². The first-order chi connectivity index (χ1) is 7.28. The lowest BCUT2D eigenvalue weighted by molar-refractivity contribution is 0.452. The Kier molecular flexibility index (Phi) is 3.41. The number of nitrogens with zero attached hydrogens (tertiary/aromatic N) is 2. The van der Waals surface area contributed by atoms with E-state index in [0.29, 0.717) is 0 Å². The van der Waals surface area contributed by atoms with Gasteiger partial charge < -0.3 is 5.32 Å². The van der Waals surface area contributed by atoms with Crippen molar-refractivity contribution in [1.82, 2.24) is 15.1 Å². The molecule has 1 N–H and O–H groups in total. The second-order valence-corrected chi connectivity index (χ2v) is 4.64. The molecule has 1 aromatic heterocycles. The highest BCUT2D eigenvalue weighted by atomic mass is 15.2. The molecule has 3 heteroatoms. The van der Waals surface area contributed by atoms with Crippen LogP contribution >= 0.6 is 0 Å². The van der Waals surface area contributed by atoms with Gasteiger partial charge in [-0.2, -0.15) is 5.10 Å². The lowest BCUT2D eigenvalue weighted by Gasteiger charge is -2.13. The topological polar surface area (TPSA) is 29.9 Å². The number of hydrogen-bond acceptors (Lipinski definition) is 2. The van der Waals surface area contributed by atoms with Crippen LogP contribution in [0.25, 0.3) is 0 Å². The maximum atomic E-state index is 4.43. The molecule has 84 valence electrons. The fourth-order valence-corrected chi connectivity index (χ4v) is 1.85. The number of rotatable bonds is 6. The molecule has 0 saturated heterocycles. The van der Waals surface area contributed by atoms with Crippen molar-refractivity contribution in [2.24, 2.45) is 13.0 Å². The number of aryl methyl sites for hydroxylation is 1. The Morgan fingerprint density at radius 2 is 2.40 bits per heavy atom. The minimum absolute atomic E-state index is 0.737. The van der Waals surface area contributed by atoms with Crippen LogP contribution in [-0.2, 0) is 13.5 Å². The molecule has 1 heterocycles. The van der Waals surface area contributed by atoms with Crippen molar-refractivity contribution in [1.29, 1.82) is 0 Å². The van der Waals surface area contributed by atoms with Crippen LogP contribution in [0.1, 0.15) is 31.9 Å². The van der Waals surface area contributed by atoms with Gasteiger partial charge in [-0.3, -0.25) is 4.68 Å². The van der Waals surface area contributed by atoms with E-state index in [0.717, 1.165) is 24.9 Å². The van der Waals surface area contributed by atoms with Gasteiger partial charge in [0.2, 0.25) is 0 Å². The van der Waals surface area contributed by atoms with Crippen molar-refractivity contribution in [2.45, 2.75) is 38.6 Å². The minimum atomic E-state index is 0.737. The third-order valence-electron chi connectivity index (χ3n) is 3.12. The van der Waals surface area contributed by atoms with Gasteiger partial charge in [-0.05, 0) is 37.8 Å². The molecule has 0 aromatic carbocycles. The third-order valence-corrected chi connectivity index (χ3v) is 3.12. The van der Waals surface area contributed by atoms with Crippen LogP contribution in [0.3, 0.4) is 0 Å². The van der Waals surface area contributed by atoms with Gasteiger partial charge in [0.15, 0.2) is 0 Å². The summed E-state index contributed by atoms with van der Waals surface area (Å²) in [6.07, 6.45) is 7.11. The van der Waals surface area contributed by atoms with Crippen molar-refractivity contribution in [2.75, 3.05) is 6.54 Å². The van der Waals surface area contributed by atoms with E-state index >= 15 is 0 Å². The van der Waals surface area contributed by atoms with Crippen molar-refractivity contribution < 1.29 is 0 Å². The Labute approximate surface area is 91.9 Å². The summed E-state index contributed by atoms with van der Waals surface area (Å²) in [4.78, 5) is 0. The molecule has 0 spiro atoms. The van der Waals surface area contributed by atoms with Gasteiger partial charge in [-0.25, -0.2) is 0 Å². The Hall–Kier alpha value is -0.830. The zero-order valence-corrected chi connectivity index (χ0v) is 9.74. The quantitative estimate of drug-likeness (QED) is 0.770. The highest BCUT2D eigenvalue weighted by Crippen LogP contribution is 2.19. The molecule has 1 fully saturated rings. The van der Waals surface area contributed by atoms with E-state index < -0.39 is 0 Å². The van der Waals surface area contributed by atoms with Crippen molar-refractivity contribution in [3.63, 3.8) is 0 Å². The maximum Gasteiger partial charge on any atom is 0.0627 e. The summed E-state index contributed by atoms with van der Waals surface area (Å²) in [7, 11) is 1.98. The summed E-state index contributed by atoms with van der Waals surface area (Å²) in [6.45, 7) is 3.42. The Morgan fingerprint density at radius 1 is 1.60 bits per heavy atom. The molecule has 1 aliphatic carbocycles. The number of nitrogens with one attached hydrogen (secondary N) is 1. The molecule has 0 radical (unpaired) electrons. The minimum Gasteiger partial charge on any atom is -0.314 e. The van der Waals surface area contributed by atoms with E-state index in [4.69, 9.17) is 0 Å². The van der Waals surface area contributed by atoms with E-state index in [1.165, 1.54) is 25.0 Å². The van der Waals surface area contributed by atoms with E-state index in [1.807, 2.05) is 17.9 Å². The molecule has 0 amide bonds. The van der Waals surface area contributed by atoms with Crippen molar-refractivity contribution in [3.05, 3.63) is 18.0 Å². The second-order valence-electron chi connectivity index (χ2n) is 4.64. The smallest absolute Gasteiger partial charge is 0.0627 e. The van der Waals surface area contributed by atoms with E-state index in [9.17, 15) is 0 Å². The second kappa shape index (κ2) is 4.79. The maximum absolute atomic E-state index is 4.43. The van der Waals surface area contributed by atoms with Gasteiger partial charge >= 0.3 is 0 Å². The molecule has 0 aliphatic heterocycles. The van der Waals surface area contributed by atoms with Crippen LogP contribution in [0.15, 0.2) is 12.3 Å². The monoisotopic (exact) mass is 207 g/mol. The summed E-state index contributed by atoms with van der Waals surface area (Å²) in [5, 5.41) is 8.03. The first-order valence-electron chi connectivity index (χ1n) is 6.00. The van der Waals surface area contributed by atoms with Crippen LogP contribution in [0.2, 0.25) is 0 Å². The van der Waals surface area contributed by atoms with Crippen LogP contribution in [-0.4, -0.2) is 22.4 Å². The predicted octanol–water partition coefficient (Wildman–Crippen LogP) is 1.74. The zero-order valence-electron chi connectivity index (χ0n) is 9.74. The average molecular weight is 207 g/mol. The number of hydrogen-bond donors (Lipinski definition) is 1. The first kappa shape index (κ1) is 10.7. The SMILES string of the molecule is CCC(CNC1CC1)Cc1ccn(C)n1. The van der Waals surface area contributed by atoms with E-state index in [1.54, 1.807) is 0 Å². The standard InChI is InChI=1S/C12H21N3/c1-3-10(9-13-11-4-5-11)8-12-6-7-15(2)14-12/h6-7,10-11,13H,3-5,8-9H2,1-2H3. The molecule has 15 heavy (non-hydrogen) atoms. The van der Waals surface area contributed by atoms with Crippen LogP contribution in [0.4, 0.5) is 0 Å². The summed E-state index contributed by atoms with van der Waals surface area (Å²) in [6, 6.07) is 2.95. The molecule has 1 unspecified atom stereocenters. The lowest BCUT2D eigenvalue weighted by Crippen LogP contribution is -2.25. The van der Waals surface area contributed by atoms with Gasteiger partial charge in [-0.15, -0.1) is 0 Å². The molecule has 1 atom stereocenters. The van der Waals surface area contributed by atoms with E-state index in [-0.39, 0.29) is 0 Å². The molecule has 2 rings (SSSR count). The fraction of sp³-hybridized carbons (Fsp3) is 0.750. The summed E-state index contributed by atoms with van der Waals surface area (Å²) in [5.41, 5.74) is 1.22. The fourth-order valence-electron chi connectivity index (χ4n) is 1.85. The van der Waals surface area contributed by atoms with Crippen LogP contribution < -0.4 is 5.32 Å². The average Bonchev–Trinajstić information content (AvgIpc) is 2.97. The highest BCUT2D eigenvalue weighted by molar-refractivity contribution is 5.00. The van der Waals surface area contributed by atoms with Gasteiger partial charge in [0.25, 0.3) is 0 Å². The molecule has 3 nitrogen and oxygen atoms in total. The molecule has 0 bridgehead atoms. The van der Waals surface area contributed by atoms with Crippen LogP contribution in [0.5, 0.6) is 0 Å². The molecule has 1 aromatic rings. The molecular weight excluding hydrogens is 186 g/mol. The van der Waals surface area contributed by atoms with Gasteiger partial charge in [0.05, 0.1) is 5.69 Å². The Bertz CT molecular complexity index is 302. The van der Waals surface area contributed by atoms with Gasteiger partial charge in [0.1, 0.15) is 0 Å². The third kappa shape index (κ3) is 3.34. The summed E-state index contributed by atoms with van der Waals surface area (Å²) >= 11 is 0. The Balaban J connectivity index is 1.78. The Morgan fingerprint density at radius 3 is 2.93 bits per heavy atom. The zero-order chi connectivity index (χ0) is 10.7. The van der Waals surface area contributed by atoms with Crippen molar-refractivity contribution >= 4 is 0 Å². The number of aromatic nitrogens is 2. The lowest BCUT2D eigenvalue weighted by atomic mass is 10.0. The highest BCUT2D eigenvalue weighted by Gasteiger charge is 2.21. The molecule has 1 saturated carbocycles. The van der Waals surface area contributed by atoms with Crippen LogP contribution in [0, 0.1) is 5.92 Å². The van der Waals surface area contributed by atoms with E-state index in [2.05, 4.69) is 23.4 Å².